The number of thiophene rings is 1. The smallest absolute Gasteiger partial charge is 0.281 e. The molecule has 0 aliphatic carbocycles. The summed E-state index contributed by atoms with van der Waals surface area (Å²) in [7, 11) is 0. The summed E-state index contributed by atoms with van der Waals surface area (Å²) in [5.74, 6) is -0.162. The van der Waals surface area contributed by atoms with Gasteiger partial charge in [-0.25, -0.2) is 5.43 Å². The molecule has 3 rings (SSSR count). The third-order valence-corrected chi connectivity index (χ3v) is 5.20. The van der Waals surface area contributed by atoms with Crippen LogP contribution in [0.3, 0.4) is 0 Å². The van der Waals surface area contributed by atoms with Gasteiger partial charge in [0.05, 0.1) is 10.6 Å². The zero-order valence-electron chi connectivity index (χ0n) is 14.0. The number of hydrogen-bond donors (Lipinski definition) is 1. The average Bonchev–Trinajstić information content (AvgIpc) is 3.02. The molecule has 1 aromatic carbocycles. The van der Waals surface area contributed by atoms with E-state index in [0.717, 1.165) is 24.4 Å². The van der Waals surface area contributed by atoms with Gasteiger partial charge in [0, 0.05) is 18.8 Å². The van der Waals surface area contributed by atoms with E-state index in [-0.39, 0.29) is 5.91 Å². The third kappa shape index (κ3) is 4.23. The van der Waals surface area contributed by atoms with Crippen molar-refractivity contribution in [1.82, 2.24) is 5.43 Å². The van der Waals surface area contributed by atoms with E-state index in [1.54, 1.807) is 6.07 Å². The summed E-state index contributed by atoms with van der Waals surface area (Å²) in [4.78, 5) is 15.0. The second kappa shape index (κ2) is 8.11. The molecule has 0 spiro atoms. The van der Waals surface area contributed by atoms with Gasteiger partial charge in [0.15, 0.2) is 0 Å². The first kappa shape index (κ1) is 16.7. The highest BCUT2D eigenvalue weighted by Gasteiger charge is 2.10. The van der Waals surface area contributed by atoms with E-state index in [1.807, 2.05) is 18.4 Å². The lowest BCUT2D eigenvalue weighted by Crippen LogP contribution is -2.23. The number of benzene rings is 1. The van der Waals surface area contributed by atoms with E-state index in [1.165, 1.54) is 42.7 Å². The van der Waals surface area contributed by atoms with Crippen molar-refractivity contribution < 1.29 is 4.79 Å². The molecule has 4 nitrogen and oxygen atoms in total. The number of carbonyl (C=O) groups is 1. The Morgan fingerprint density at radius 1 is 1.08 bits per heavy atom. The van der Waals surface area contributed by atoms with E-state index in [2.05, 4.69) is 39.7 Å². The number of hydrazone groups is 1. The third-order valence-electron chi connectivity index (χ3n) is 4.33. The van der Waals surface area contributed by atoms with Crippen LogP contribution < -0.4 is 10.3 Å². The zero-order chi connectivity index (χ0) is 16.8. The molecule has 1 aliphatic rings. The minimum atomic E-state index is -0.162. The highest BCUT2D eigenvalue weighted by molar-refractivity contribution is 7.12. The number of carbonyl (C=O) groups excluding carboxylic acids is 1. The summed E-state index contributed by atoms with van der Waals surface area (Å²) in [6, 6.07) is 12.1. The first-order valence-electron chi connectivity index (χ1n) is 8.47. The standard InChI is InChI=1S/C19H23N3OS/c1-15(20-21-19(23)18-7-6-14-24-18)16-8-10-17(11-9-16)22-12-4-2-3-5-13-22/h6-11,14H,2-5,12-13H2,1H3,(H,21,23). The zero-order valence-corrected chi connectivity index (χ0v) is 14.8. The van der Waals surface area contributed by atoms with Crippen LogP contribution in [0.1, 0.15) is 47.8 Å². The largest absolute Gasteiger partial charge is 0.372 e. The van der Waals surface area contributed by atoms with Crippen molar-refractivity contribution in [3.63, 3.8) is 0 Å². The summed E-state index contributed by atoms with van der Waals surface area (Å²) in [5.41, 5.74) is 5.73. The molecule has 1 aliphatic heterocycles. The van der Waals surface area contributed by atoms with Gasteiger partial charge in [-0.15, -0.1) is 11.3 Å². The van der Waals surface area contributed by atoms with Crippen molar-refractivity contribution in [1.29, 1.82) is 0 Å². The van der Waals surface area contributed by atoms with Crippen LogP contribution in [-0.4, -0.2) is 24.7 Å². The fraction of sp³-hybridized carbons (Fsp3) is 0.368. The number of nitrogens with one attached hydrogen (secondary N) is 1. The minimum absolute atomic E-state index is 0.162. The number of rotatable bonds is 4. The molecule has 1 N–H and O–H groups in total. The van der Waals surface area contributed by atoms with Crippen LogP contribution in [0.2, 0.25) is 0 Å². The number of nitrogens with zero attached hydrogens (tertiary/aromatic N) is 2. The molecule has 126 valence electrons. The van der Waals surface area contributed by atoms with Crippen molar-refractivity contribution in [3.8, 4) is 0 Å². The molecule has 0 bridgehead atoms. The molecule has 5 heteroatoms. The van der Waals surface area contributed by atoms with Crippen LogP contribution >= 0.6 is 11.3 Å². The molecule has 1 saturated heterocycles. The molecule has 1 aromatic heterocycles. The second-order valence-corrected chi connectivity index (χ2v) is 7.01. The molecule has 0 radical (unpaired) electrons. The minimum Gasteiger partial charge on any atom is -0.372 e. The molecular formula is C19H23N3OS. The summed E-state index contributed by atoms with van der Waals surface area (Å²) >= 11 is 1.41. The van der Waals surface area contributed by atoms with Gasteiger partial charge in [-0.2, -0.15) is 5.10 Å². The summed E-state index contributed by atoms with van der Waals surface area (Å²) in [6.07, 6.45) is 5.22. The molecule has 0 unspecified atom stereocenters. The second-order valence-electron chi connectivity index (χ2n) is 6.06. The Kier molecular flexibility index (Phi) is 5.64. The molecule has 1 amide bonds. The lowest BCUT2D eigenvalue weighted by molar-refractivity contribution is 0.0959. The van der Waals surface area contributed by atoms with Crippen LogP contribution in [0.4, 0.5) is 5.69 Å². The molecule has 2 aromatic rings. The van der Waals surface area contributed by atoms with Crippen molar-refractivity contribution in [3.05, 3.63) is 52.2 Å². The summed E-state index contributed by atoms with van der Waals surface area (Å²) < 4.78 is 0. The normalized spacial score (nSPS) is 15.9. The molecule has 0 atom stereocenters. The number of hydrogen-bond acceptors (Lipinski definition) is 4. The average molecular weight is 341 g/mol. The van der Waals surface area contributed by atoms with Crippen LogP contribution in [0, 0.1) is 0 Å². The van der Waals surface area contributed by atoms with Crippen molar-refractivity contribution in [2.24, 2.45) is 5.10 Å². The number of anilines is 1. The van der Waals surface area contributed by atoms with Gasteiger partial charge in [0.25, 0.3) is 5.91 Å². The Labute approximate surface area is 147 Å². The molecule has 1 fully saturated rings. The first-order valence-corrected chi connectivity index (χ1v) is 9.35. The monoisotopic (exact) mass is 341 g/mol. The van der Waals surface area contributed by atoms with Crippen molar-refractivity contribution in [2.45, 2.75) is 32.6 Å². The Balaban J connectivity index is 1.63. The maximum Gasteiger partial charge on any atom is 0.281 e. The van der Waals surface area contributed by atoms with Crippen molar-refractivity contribution >= 4 is 28.6 Å². The van der Waals surface area contributed by atoms with E-state index in [0.29, 0.717) is 4.88 Å². The Morgan fingerprint density at radius 2 is 1.79 bits per heavy atom. The van der Waals surface area contributed by atoms with Gasteiger partial charge >= 0.3 is 0 Å². The van der Waals surface area contributed by atoms with Crippen LogP contribution in [0.15, 0.2) is 46.9 Å². The van der Waals surface area contributed by atoms with E-state index >= 15 is 0 Å². The topological polar surface area (TPSA) is 44.7 Å². The lowest BCUT2D eigenvalue weighted by Gasteiger charge is -2.22. The predicted molar refractivity (Wildman–Crippen MR) is 101 cm³/mol. The maximum absolute atomic E-state index is 11.9. The SMILES string of the molecule is CC(=NNC(=O)c1cccs1)c1ccc(N2CCCCCC2)cc1. The molecular weight excluding hydrogens is 318 g/mol. The van der Waals surface area contributed by atoms with Crippen LogP contribution in [-0.2, 0) is 0 Å². The highest BCUT2D eigenvalue weighted by Crippen LogP contribution is 2.20. The van der Waals surface area contributed by atoms with E-state index in [9.17, 15) is 4.79 Å². The van der Waals surface area contributed by atoms with E-state index < -0.39 is 0 Å². The van der Waals surface area contributed by atoms with Crippen LogP contribution in [0.5, 0.6) is 0 Å². The van der Waals surface area contributed by atoms with Gasteiger partial charge in [-0.05, 0) is 48.9 Å². The fourth-order valence-electron chi connectivity index (χ4n) is 2.90. The van der Waals surface area contributed by atoms with Gasteiger partial charge in [-0.1, -0.05) is 31.0 Å². The Morgan fingerprint density at radius 3 is 2.42 bits per heavy atom. The molecule has 0 saturated carbocycles. The van der Waals surface area contributed by atoms with Gasteiger partial charge in [0.1, 0.15) is 0 Å². The summed E-state index contributed by atoms with van der Waals surface area (Å²) in [6.45, 7) is 4.20. The highest BCUT2D eigenvalue weighted by atomic mass is 32.1. The van der Waals surface area contributed by atoms with Gasteiger partial charge < -0.3 is 4.90 Å². The first-order chi connectivity index (χ1) is 11.7. The fourth-order valence-corrected chi connectivity index (χ4v) is 3.52. The lowest BCUT2D eigenvalue weighted by atomic mass is 10.1. The molecule has 2 heterocycles. The van der Waals surface area contributed by atoms with Crippen LogP contribution in [0.25, 0.3) is 0 Å². The van der Waals surface area contributed by atoms with E-state index in [4.69, 9.17) is 0 Å². The molecule has 24 heavy (non-hydrogen) atoms. The number of amides is 1. The Bertz CT molecular complexity index is 684. The quantitative estimate of drug-likeness (QED) is 0.666. The van der Waals surface area contributed by atoms with Gasteiger partial charge in [-0.3, -0.25) is 4.79 Å². The van der Waals surface area contributed by atoms with Gasteiger partial charge in [0.2, 0.25) is 0 Å². The summed E-state index contributed by atoms with van der Waals surface area (Å²) in [5, 5.41) is 6.10. The Hall–Kier alpha value is -2.14. The maximum atomic E-state index is 11.9. The van der Waals surface area contributed by atoms with Crippen molar-refractivity contribution in [2.75, 3.05) is 18.0 Å². The predicted octanol–water partition coefficient (Wildman–Crippen LogP) is 4.28.